The number of piperidine rings is 1. The second-order valence-electron chi connectivity index (χ2n) is 3.02. The van der Waals surface area contributed by atoms with Gasteiger partial charge in [0.2, 0.25) is 0 Å². The van der Waals surface area contributed by atoms with E-state index < -0.39 is 0 Å². The maximum absolute atomic E-state index is 8.52. The van der Waals surface area contributed by atoms with Gasteiger partial charge in [0.15, 0.2) is 0 Å². The average Bonchev–Trinajstić information content (AvgIpc) is 2.06. The first kappa shape index (κ1) is 8.13. The van der Waals surface area contributed by atoms with Gasteiger partial charge in [0, 0.05) is 24.9 Å². The molecule has 0 aliphatic carbocycles. The zero-order chi connectivity index (χ0) is 8.10. The monoisotopic (exact) mass is 150 g/mol. The van der Waals surface area contributed by atoms with Crippen LogP contribution in [0.1, 0.15) is 26.2 Å². The van der Waals surface area contributed by atoms with Gasteiger partial charge in [-0.15, -0.1) is 0 Å². The summed E-state index contributed by atoms with van der Waals surface area (Å²) in [4.78, 5) is 2.24. The number of hydrogen-bond donors (Lipinski definition) is 0. The Hall–Kier alpha value is -0.970. The third-order valence-electron chi connectivity index (χ3n) is 1.94. The van der Waals surface area contributed by atoms with Crippen molar-refractivity contribution in [3.8, 4) is 6.07 Å². The topological polar surface area (TPSA) is 27.0 Å². The Bertz CT molecular complexity index is 182. The second kappa shape index (κ2) is 4.02. The van der Waals surface area contributed by atoms with Crippen molar-refractivity contribution in [3.63, 3.8) is 0 Å². The van der Waals surface area contributed by atoms with Crippen molar-refractivity contribution in [1.29, 1.82) is 5.26 Å². The van der Waals surface area contributed by atoms with Gasteiger partial charge in [0.25, 0.3) is 0 Å². The van der Waals surface area contributed by atoms with Crippen LogP contribution < -0.4 is 0 Å². The number of hydrogen-bond acceptors (Lipinski definition) is 2. The molecule has 2 heteroatoms. The minimum Gasteiger partial charge on any atom is -0.377 e. The van der Waals surface area contributed by atoms with E-state index in [9.17, 15) is 0 Å². The summed E-state index contributed by atoms with van der Waals surface area (Å²) in [5.41, 5.74) is 0.812. The van der Waals surface area contributed by atoms with Crippen molar-refractivity contribution in [3.05, 3.63) is 11.8 Å². The van der Waals surface area contributed by atoms with E-state index in [0.29, 0.717) is 0 Å². The number of nitrogens with zero attached hydrogens (tertiary/aromatic N) is 2. The molecule has 0 bridgehead atoms. The van der Waals surface area contributed by atoms with E-state index in [-0.39, 0.29) is 0 Å². The molecule has 2 nitrogen and oxygen atoms in total. The van der Waals surface area contributed by atoms with Gasteiger partial charge in [-0.3, -0.25) is 0 Å². The van der Waals surface area contributed by atoms with Crippen molar-refractivity contribution in [1.82, 2.24) is 4.90 Å². The predicted molar refractivity (Wildman–Crippen MR) is 44.8 cm³/mol. The highest BCUT2D eigenvalue weighted by molar-refractivity contribution is 5.16. The third-order valence-corrected chi connectivity index (χ3v) is 1.94. The van der Waals surface area contributed by atoms with E-state index in [0.717, 1.165) is 18.7 Å². The van der Waals surface area contributed by atoms with E-state index in [2.05, 4.69) is 11.0 Å². The van der Waals surface area contributed by atoms with Crippen molar-refractivity contribution < 1.29 is 0 Å². The van der Waals surface area contributed by atoms with E-state index in [1.165, 1.54) is 19.3 Å². The fourth-order valence-corrected chi connectivity index (χ4v) is 1.35. The van der Waals surface area contributed by atoms with Crippen molar-refractivity contribution >= 4 is 0 Å². The van der Waals surface area contributed by atoms with Gasteiger partial charge >= 0.3 is 0 Å². The Morgan fingerprint density at radius 2 is 2.00 bits per heavy atom. The van der Waals surface area contributed by atoms with Crippen LogP contribution in [0.4, 0.5) is 0 Å². The second-order valence-corrected chi connectivity index (χ2v) is 3.02. The minimum atomic E-state index is 0.812. The highest BCUT2D eigenvalue weighted by Gasteiger charge is 2.05. The molecule has 1 rings (SSSR count). The maximum Gasteiger partial charge on any atom is 0.0959 e. The number of nitriles is 1. The number of likely N-dealkylation sites (tertiary alicyclic amines) is 1. The molecule has 11 heavy (non-hydrogen) atoms. The lowest BCUT2D eigenvalue weighted by Gasteiger charge is -2.24. The van der Waals surface area contributed by atoms with E-state index in [1.807, 2.05) is 13.1 Å². The van der Waals surface area contributed by atoms with Crippen LogP contribution in [0.15, 0.2) is 11.8 Å². The van der Waals surface area contributed by atoms with Crippen molar-refractivity contribution in [2.75, 3.05) is 13.1 Å². The molecule has 0 spiro atoms. The van der Waals surface area contributed by atoms with Crippen LogP contribution in [0.2, 0.25) is 0 Å². The fourth-order valence-electron chi connectivity index (χ4n) is 1.35. The minimum absolute atomic E-state index is 0.812. The van der Waals surface area contributed by atoms with Crippen molar-refractivity contribution in [2.24, 2.45) is 0 Å². The first-order valence-electron chi connectivity index (χ1n) is 4.15. The Labute approximate surface area is 68.1 Å². The largest absolute Gasteiger partial charge is 0.377 e. The van der Waals surface area contributed by atoms with Crippen LogP contribution in [-0.4, -0.2) is 18.0 Å². The molecule has 1 aliphatic rings. The van der Waals surface area contributed by atoms with Gasteiger partial charge in [-0.2, -0.15) is 5.26 Å². The third kappa shape index (κ3) is 2.63. The Balaban J connectivity index is 2.42. The molecule has 0 aromatic carbocycles. The molecule has 0 radical (unpaired) electrons. The van der Waals surface area contributed by atoms with Gasteiger partial charge in [0.05, 0.1) is 6.07 Å². The summed E-state index contributed by atoms with van der Waals surface area (Å²) in [6.45, 7) is 4.10. The van der Waals surface area contributed by atoms with Crippen LogP contribution in [-0.2, 0) is 0 Å². The van der Waals surface area contributed by atoms with E-state index in [1.54, 1.807) is 0 Å². The molecule has 1 fully saturated rings. The lowest BCUT2D eigenvalue weighted by molar-refractivity contribution is 0.308. The standard InChI is InChI=1S/C9H14N2/c1-9(7-10)8-11-5-3-2-4-6-11/h8H,2-6H2,1H3/b9-8-. The zero-order valence-electron chi connectivity index (χ0n) is 7.01. The van der Waals surface area contributed by atoms with Gasteiger partial charge in [-0.25, -0.2) is 0 Å². The molecule has 1 aliphatic heterocycles. The molecular weight excluding hydrogens is 136 g/mol. The highest BCUT2D eigenvalue weighted by atomic mass is 15.1. The first-order chi connectivity index (χ1) is 5.33. The lowest BCUT2D eigenvalue weighted by atomic mass is 10.1. The Morgan fingerprint density at radius 3 is 2.55 bits per heavy atom. The summed E-state index contributed by atoms with van der Waals surface area (Å²) in [6, 6.07) is 2.13. The molecule has 0 aromatic heterocycles. The Kier molecular flexibility index (Phi) is 2.97. The summed E-state index contributed by atoms with van der Waals surface area (Å²) >= 11 is 0. The average molecular weight is 150 g/mol. The molecule has 0 saturated carbocycles. The molecule has 1 saturated heterocycles. The molecule has 0 N–H and O–H groups in total. The van der Waals surface area contributed by atoms with Gasteiger partial charge < -0.3 is 4.90 Å². The highest BCUT2D eigenvalue weighted by Crippen LogP contribution is 2.09. The van der Waals surface area contributed by atoms with E-state index >= 15 is 0 Å². The molecular formula is C9H14N2. The van der Waals surface area contributed by atoms with Gasteiger partial charge in [-0.05, 0) is 26.2 Å². The first-order valence-corrected chi connectivity index (χ1v) is 4.15. The lowest BCUT2D eigenvalue weighted by Crippen LogP contribution is -2.24. The van der Waals surface area contributed by atoms with Gasteiger partial charge in [-0.1, -0.05) is 0 Å². The zero-order valence-corrected chi connectivity index (χ0v) is 7.01. The van der Waals surface area contributed by atoms with Crippen LogP contribution in [0.5, 0.6) is 0 Å². The predicted octanol–water partition coefficient (Wildman–Crippen LogP) is 1.90. The maximum atomic E-state index is 8.52. The fraction of sp³-hybridized carbons (Fsp3) is 0.667. The number of rotatable bonds is 1. The summed E-state index contributed by atoms with van der Waals surface area (Å²) in [5.74, 6) is 0. The van der Waals surface area contributed by atoms with Crippen molar-refractivity contribution in [2.45, 2.75) is 26.2 Å². The SMILES string of the molecule is C/C(C#N)=C/N1CCCCC1. The quantitative estimate of drug-likeness (QED) is 0.534. The Morgan fingerprint density at radius 1 is 1.36 bits per heavy atom. The summed E-state index contributed by atoms with van der Waals surface area (Å²) in [7, 11) is 0. The van der Waals surface area contributed by atoms with Crippen LogP contribution in [0.25, 0.3) is 0 Å². The van der Waals surface area contributed by atoms with Crippen LogP contribution >= 0.6 is 0 Å². The molecule has 1 heterocycles. The number of allylic oxidation sites excluding steroid dienone is 1. The van der Waals surface area contributed by atoms with Gasteiger partial charge in [0.1, 0.15) is 0 Å². The molecule has 0 atom stereocenters. The molecule has 0 amide bonds. The molecule has 0 aromatic rings. The normalized spacial score (nSPS) is 19.6. The summed E-state index contributed by atoms with van der Waals surface area (Å²) in [6.07, 6.45) is 5.86. The van der Waals surface area contributed by atoms with Crippen LogP contribution in [0, 0.1) is 11.3 Å². The van der Waals surface area contributed by atoms with E-state index in [4.69, 9.17) is 5.26 Å². The molecule has 0 unspecified atom stereocenters. The van der Waals surface area contributed by atoms with Crippen LogP contribution in [0.3, 0.4) is 0 Å². The molecule has 60 valence electrons. The smallest absolute Gasteiger partial charge is 0.0959 e. The summed E-state index contributed by atoms with van der Waals surface area (Å²) in [5, 5.41) is 8.52. The summed E-state index contributed by atoms with van der Waals surface area (Å²) < 4.78 is 0.